The average molecular weight is 727 g/mol. The molecule has 1 fully saturated rings. The number of anilines is 1. The minimum Gasteiger partial charge on any atom is -0.303 e. The molecular formula is C32H29ClF6N6O3S. The van der Waals surface area contributed by atoms with E-state index in [1.807, 2.05) is 0 Å². The van der Waals surface area contributed by atoms with E-state index in [1.165, 1.54) is 18.2 Å². The summed E-state index contributed by atoms with van der Waals surface area (Å²) in [5.41, 5.74) is -0.684. The van der Waals surface area contributed by atoms with Crippen LogP contribution in [0.15, 0.2) is 52.6 Å². The average Bonchev–Trinajstić information content (AvgIpc) is 3.83. The fourth-order valence-corrected chi connectivity index (χ4v) is 8.09. The lowest BCUT2D eigenvalue weighted by molar-refractivity contribution is 0.0176. The number of hydrogen-bond acceptors (Lipinski definition) is 6. The topological polar surface area (TPSA) is 111 Å². The van der Waals surface area contributed by atoms with E-state index < -0.39 is 69.2 Å². The number of rotatable bonds is 8. The molecule has 2 unspecified atom stereocenters. The van der Waals surface area contributed by atoms with Gasteiger partial charge < -0.3 is 5.32 Å². The van der Waals surface area contributed by atoms with Gasteiger partial charge in [-0.1, -0.05) is 30.2 Å². The van der Waals surface area contributed by atoms with Gasteiger partial charge in [0.1, 0.15) is 24.4 Å². The van der Waals surface area contributed by atoms with Crippen LogP contribution >= 0.6 is 11.6 Å². The third kappa shape index (κ3) is 6.01. The number of aromatic nitrogens is 4. The molecule has 3 heterocycles. The highest BCUT2D eigenvalue weighted by atomic mass is 35.5. The largest absolute Gasteiger partial charge is 0.303 e. The standard InChI is InChI=1S/C32H29ClF6N6O3S/c1-14-15(7-18(34)11-22(14)35)9-24-30-41-23-10-17(32(2,38)39)3-6-20(23)31(46)45(30)27-16(12-40-24)8-21(33)26-28(27)44(13-25(36)37)42-29(26)43-49(47,48)19-4-5-19/h3,6-8,10-11,14,19,22,24-25,40H,4-5,9,12-13H2,1-2H3,(H,42,43)/t14?,22?,24-/m0/s1. The molecule has 2 aliphatic carbocycles. The molecule has 1 aliphatic heterocycles. The van der Waals surface area contributed by atoms with E-state index in [9.17, 15) is 39.6 Å². The fourth-order valence-electron chi connectivity index (χ4n) is 6.44. The Hall–Kier alpha value is -3.89. The molecule has 9 nitrogen and oxygen atoms in total. The molecule has 2 N–H and O–H groups in total. The Labute approximate surface area is 280 Å². The molecule has 2 aromatic carbocycles. The summed E-state index contributed by atoms with van der Waals surface area (Å²) in [5, 5.41) is 6.56. The number of nitrogens with one attached hydrogen (secondary N) is 2. The highest BCUT2D eigenvalue weighted by Gasteiger charge is 2.38. The maximum Gasteiger partial charge on any atom is 0.270 e. The summed E-state index contributed by atoms with van der Waals surface area (Å²) in [4.78, 5) is 19.1. The Morgan fingerprint density at radius 1 is 1.20 bits per heavy atom. The number of hydrogen-bond donors (Lipinski definition) is 2. The van der Waals surface area contributed by atoms with Crippen molar-refractivity contribution in [2.24, 2.45) is 5.92 Å². The molecule has 2 aromatic heterocycles. The summed E-state index contributed by atoms with van der Waals surface area (Å²) >= 11 is 6.72. The van der Waals surface area contributed by atoms with E-state index in [2.05, 4.69) is 20.1 Å². The van der Waals surface area contributed by atoms with Crippen molar-refractivity contribution in [1.82, 2.24) is 24.6 Å². The zero-order chi connectivity index (χ0) is 35.2. The Balaban J connectivity index is 1.53. The lowest BCUT2D eigenvalue weighted by atomic mass is 9.87. The van der Waals surface area contributed by atoms with Crippen LogP contribution in [0.1, 0.15) is 56.1 Å². The number of benzene rings is 2. The monoisotopic (exact) mass is 726 g/mol. The molecule has 0 spiro atoms. The van der Waals surface area contributed by atoms with Crippen molar-refractivity contribution >= 4 is 49.2 Å². The third-order valence-corrected chi connectivity index (χ3v) is 11.3. The maximum atomic E-state index is 14.7. The van der Waals surface area contributed by atoms with Gasteiger partial charge in [0.25, 0.3) is 17.9 Å². The summed E-state index contributed by atoms with van der Waals surface area (Å²) in [6.45, 7) is 1.20. The van der Waals surface area contributed by atoms with Crippen LogP contribution in [0, 0.1) is 5.92 Å². The SMILES string of the molecule is CC1C(C[C@@H]2NCc3cc(Cl)c4c(NS(=O)(=O)C5CC5)nn(CC(F)F)c4c3-n3c2nc2cc(C(C)(F)F)ccc2c3=O)=CC(F)=CC1F. The van der Waals surface area contributed by atoms with Crippen LogP contribution in [0.3, 0.4) is 0 Å². The van der Waals surface area contributed by atoms with Gasteiger partial charge in [-0.25, -0.2) is 39.7 Å². The molecule has 0 amide bonds. The molecule has 1 saturated carbocycles. The van der Waals surface area contributed by atoms with E-state index in [1.54, 1.807) is 6.92 Å². The van der Waals surface area contributed by atoms with Gasteiger partial charge in [-0.3, -0.25) is 18.8 Å². The second kappa shape index (κ2) is 11.9. The Kier molecular flexibility index (Phi) is 8.14. The van der Waals surface area contributed by atoms with Crippen molar-refractivity contribution in [1.29, 1.82) is 0 Å². The van der Waals surface area contributed by atoms with Gasteiger partial charge in [-0.15, -0.1) is 0 Å². The molecule has 49 heavy (non-hydrogen) atoms. The fraction of sp³-hybridized carbons (Fsp3) is 0.406. The number of fused-ring (bicyclic) bond motifs is 6. The molecule has 0 bridgehead atoms. The second-order valence-corrected chi connectivity index (χ2v) is 15.1. The normalized spacial score (nSPS) is 21.4. The Bertz CT molecular complexity index is 2260. The van der Waals surface area contributed by atoms with Gasteiger partial charge in [0.2, 0.25) is 10.0 Å². The summed E-state index contributed by atoms with van der Waals surface area (Å²) in [6.07, 6.45) is -1.82. The quantitative estimate of drug-likeness (QED) is 0.190. The van der Waals surface area contributed by atoms with Crippen molar-refractivity contribution in [3.63, 3.8) is 0 Å². The zero-order valence-electron chi connectivity index (χ0n) is 26.0. The third-order valence-electron chi connectivity index (χ3n) is 9.15. The number of allylic oxidation sites excluding steroid dienone is 3. The lowest BCUT2D eigenvalue weighted by Crippen LogP contribution is -2.30. The first-order valence-corrected chi connectivity index (χ1v) is 17.4. The molecule has 0 radical (unpaired) electrons. The van der Waals surface area contributed by atoms with Gasteiger partial charge in [0.15, 0.2) is 5.82 Å². The highest BCUT2D eigenvalue weighted by Crippen LogP contribution is 2.42. The highest BCUT2D eigenvalue weighted by molar-refractivity contribution is 7.93. The molecule has 3 aliphatic rings. The molecule has 260 valence electrons. The number of nitrogens with zero attached hydrogens (tertiary/aromatic N) is 4. The predicted molar refractivity (Wildman–Crippen MR) is 172 cm³/mol. The number of sulfonamides is 1. The summed E-state index contributed by atoms with van der Waals surface area (Å²) in [6, 6.07) is 3.85. The van der Waals surface area contributed by atoms with Gasteiger partial charge in [0, 0.05) is 24.9 Å². The second-order valence-electron chi connectivity index (χ2n) is 12.7. The van der Waals surface area contributed by atoms with E-state index in [4.69, 9.17) is 11.6 Å². The molecule has 7 rings (SSSR count). The van der Waals surface area contributed by atoms with Crippen molar-refractivity contribution in [3.05, 3.63) is 80.1 Å². The molecule has 3 atom stereocenters. The van der Waals surface area contributed by atoms with E-state index >= 15 is 0 Å². The number of halogens is 7. The molecular weight excluding hydrogens is 698 g/mol. The van der Waals surface area contributed by atoms with Crippen molar-refractivity contribution in [2.45, 2.75) is 76.0 Å². The zero-order valence-corrected chi connectivity index (χ0v) is 27.5. The summed E-state index contributed by atoms with van der Waals surface area (Å²) in [7, 11) is -3.94. The Morgan fingerprint density at radius 3 is 2.61 bits per heavy atom. The lowest BCUT2D eigenvalue weighted by Gasteiger charge is -2.26. The van der Waals surface area contributed by atoms with Gasteiger partial charge in [-0.2, -0.15) is 5.10 Å². The van der Waals surface area contributed by atoms with Crippen LogP contribution in [0.2, 0.25) is 5.02 Å². The van der Waals surface area contributed by atoms with Gasteiger partial charge in [0.05, 0.1) is 43.8 Å². The minimum atomic E-state index is -3.94. The van der Waals surface area contributed by atoms with E-state index in [0.717, 1.165) is 27.5 Å². The van der Waals surface area contributed by atoms with Crippen LogP contribution in [0.5, 0.6) is 0 Å². The summed E-state index contributed by atoms with van der Waals surface area (Å²) < 4.78 is 116. The van der Waals surface area contributed by atoms with Crippen molar-refractivity contribution in [2.75, 3.05) is 4.72 Å². The van der Waals surface area contributed by atoms with Crippen LogP contribution in [-0.2, 0) is 29.0 Å². The van der Waals surface area contributed by atoms with Crippen LogP contribution in [-0.4, -0.2) is 45.6 Å². The first-order valence-electron chi connectivity index (χ1n) is 15.5. The van der Waals surface area contributed by atoms with Gasteiger partial charge >= 0.3 is 0 Å². The molecule has 0 saturated heterocycles. The van der Waals surface area contributed by atoms with Crippen LogP contribution in [0.25, 0.3) is 27.5 Å². The maximum absolute atomic E-state index is 14.7. The van der Waals surface area contributed by atoms with E-state index in [-0.39, 0.29) is 57.1 Å². The Morgan fingerprint density at radius 2 is 1.94 bits per heavy atom. The predicted octanol–water partition coefficient (Wildman–Crippen LogP) is 6.97. The van der Waals surface area contributed by atoms with Gasteiger partial charge in [-0.05, 0) is 55.2 Å². The first kappa shape index (κ1) is 33.6. The minimum absolute atomic E-state index is 0.0128. The molecule has 17 heteroatoms. The van der Waals surface area contributed by atoms with Crippen molar-refractivity contribution in [3.8, 4) is 5.69 Å². The van der Waals surface area contributed by atoms with Crippen LogP contribution < -0.4 is 15.6 Å². The van der Waals surface area contributed by atoms with Crippen LogP contribution in [0.4, 0.5) is 32.2 Å². The van der Waals surface area contributed by atoms with Crippen molar-refractivity contribution < 1.29 is 34.8 Å². The van der Waals surface area contributed by atoms with E-state index in [0.29, 0.717) is 30.9 Å². The number of alkyl halides is 5. The summed E-state index contributed by atoms with van der Waals surface area (Å²) in [5.74, 6) is -5.18. The first-order chi connectivity index (χ1) is 23.0. The molecule has 4 aromatic rings. The smallest absolute Gasteiger partial charge is 0.270 e.